The van der Waals surface area contributed by atoms with Crippen molar-refractivity contribution in [1.82, 2.24) is 0 Å². The van der Waals surface area contributed by atoms with Gasteiger partial charge in [0.25, 0.3) is 0 Å². The van der Waals surface area contributed by atoms with Crippen LogP contribution in [0, 0.1) is 0 Å². The predicted molar refractivity (Wildman–Crippen MR) is 66.5 cm³/mol. The van der Waals surface area contributed by atoms with Gasteiger partial charge in [0.2, 0.25) is 0 Å². The van der Waals surface area contributed by atoms with E-state index >= 15 is 0 Å². The number of carbonyl (C=O) groups is 1. The summed E-state index contributed by atoms with van der Waals surface area (Å²) in [6.07, 6.45) is 4.21. The molecule has 16 heavy (non-hydrogen) atoms. The highest BCUT2D eigenvalue weighted by Crippen LogP contribution is 2.37. The maximum absolute atomic E-state index is 10.6. The number of carboxylic acid groups (broad SMARTS) is 1. The molecule has 1 N–H and O–H groups in total. The van der Waals surface area contributed by atoms with Crippen LogP contribution in [0.3, 0.4) is 0 Å². The monoisotopic (exact) mass is 280 g/mol. The van der Waals surface area contributed by atoms with Crippen LogP contribution in [-0.4, -0.2) is 11.1 Å². The van der Waals surface area contributed by atoms with Gasteiger partial charge >= 0.3 is 5.97 Å². The molecule has 3 heteroatoms. The van der Waals surface area contributed by atoms with E-state index in [2.05, 4.69) is 28.1 Å². The van der Waals surface area contributed by atoms with Gasteiger partial charge in [-0.05, 0) is 42.9 Å². The Morgan fingerprint density at radius 2 is 2.06 bits per heavy atom. The van der Waals surface area contributed by atoms with Crippen LogP contribution in [0.25, 0.3) is 0 Å². The van der Waals surface area contributed by atoms with Crippen LogP contribution in [-0.2, 0) is 4.79 Å². The van der Waals surface area contributed by atoms with E-state index in [1.54, 1.807) is 0 Å². The van der Waals surface area contributed by atoms with E-state index in [9.17, 15) is 4.79 Å². The van der Waals surface area contributed by atoms with Gasteiger partial charge in [-0.25, -0.2) is 4.79 Å². The highest BCUT2D eigenvalue weighted by atomic mass is 79.9. The van der Waals surface area contributed by atoms with Crippen LogP contribution >= 0.6 is 15.9 Å². The minimum Gasteiger partial charge on any atom is -0.478 e. The smallest absolute Gasteiger partial charge is 0.328 e. The quantitative estimate of drug-likeness (QED) is 0.839. The van der Waals surface area contributed by atoms with Crippen molar-refractivity contribution >= 4 is 21.9 Å². The Labute approximate surface area is 103 Å². The fourth-order valence-corrected chi connectivity index (χ4v) is 2.47. The molecule has 0 unspecified atom stereocenters. The first kappa shape index (κ1) is 11.4. The molecular formula is C13H13BrO2. The summed E-state index contributed by atoms with van der Waals surface area (Å²) in [5.41, 5.74) is 2.36. The maximum atomic E-state index is 10.6. The number of halogens is 1. The highest BCUT2D eigenvalue weighted by molar-refractivity contribution is 9.10. The van der Waals surface area contributed by atoms with E-state index in [-0.39, 0.29) is 0 Å². The third kappa shape index (κ3) is 2.73. The van der Waals surface area contributed by atoms with Crippen molar-refractivity contribution in [1.29, 1.82) is 0 Å². The van der Waals surface area contributed by atoms with Crippen LogP contribution in [0.15, 0.2) is 40.4 Å². The van der Waals surface area contributed by atoms with Crippen molar-refractivity contribution in [2.24, 2.45) is 0 Å². The molecule has 1 aliphatic rings. The van der Waals surface area contributed by atoms with E-state index in [0.29, 0.717) is 5.92 Å². The average molecular weight is 281 g/mol. The highest BCUT2D eigenvalue weighted by Gasteiger charge is 2.21. The zero-order chi connectivity index (χ0) is 11.5. The number of allylic oxidation sites excluding steroid dienone is 1. The number of hydrogen-bond donors (Lipinski definition) is 1. The Morgan fingerprint density at radius 1 is 1.38 bits per heavy atom. The number of carboxylic acids is 1. The van der Waals surface area contributed by atoms with Crippen molar-refractivity contribution in [3.8, 4) is 0 Å². The molecule has 1 aliphatic carbocycles. The Hall–Kier alpha value is -1.09. The van der Waals surface area contributed by atoms with Crippen molar-refractivity contribution in [3.63, 3.8) is 0 Å². The minimum absolute atomic E-state index is 0.485. The molecule has 0 spiro atoms. The van der Waals surface area contributed by atoms with Gasteiger partial charge in [-0.2, -0.15) is 0 Å². The van der Waals surface area contributed by atoms with Gasteiger partial charge in [0.1, 0.15) is 0 Å². The largest absolute Gasteiger partial charge is 0.478 e. The van der Waals surface area contributed by atoms with Gasteiger partial charge in [0, 0.05) is 10.5 Å². The molecule has 2 nitrogen and oxygen atoms in total. The molecule has 1 aromatic rings. The molecule has 1 fully saturated rings. The Morgan fingerprint density at radius 3 is 2.69 bits per heavy atom. The molecule has 1 atom stereocenters. The molecule has 2 rings (SSSR count). The zero-order valence-electron chi connectivity index (χ0n) is 8.82. The summed E-state index contributed by atoms with van der Waals surface area (Å²) >= 11 is 3.41. The lowest BCUT2D eigenvalue weighted by molar-refractivity contribution is -0.131. The van der Waals surface area contributed by atoms with Gasteiger partial charge in [-0.1, -0.05) is 33.6 Å². The topological polar surface area (TPSA) is 37.3 Å². The van der Waals surface area contributed by atoms with Crippen molar-refractivity contribution in [3.05, 3.63) is 46.0 Å². The standard InChI is InChI=1S/C13H13BrO2/c14-12-5-3-10(4-6-12)11-2-1-9(7-11)8-13(15)16/h3-6,8,11H,1-2,7H2,(H,15,16)/t11-/m1/s1. The molecule has 0 heterocycles. The minimum atomic E-state index is -0.827. The number of rotatable bonds is 2. The number of hydrogen-bond acceptors (Lipinski definition) is 1. The third-order valence-electron chi connectivity index (χ3n) is 2.99. The van der Waals surface area contributed by atoms with Gasteiger partial charge < -0.3 is 5.11 Å². The van der Waals surface area contributed by atoms with E-state index in [1.807, 2.05) is 12.1 Å². The Balaban J connectivity index is 2.09. The Kier molecular flexibility index (Phi) is 3.44. The second kappa shape index (κ2) is 4.83. The predicted octanol–water partition coefficient (Wildman–Crippen LogP) is 3.73. The first-order valence-corrected chi connectivity index (χ1v) is 6.12. The van der Waals surface area contributed by atoms with Crippen LogP contribution in [0.1, 0.15) is 30.7 Å². The summed E-state index contributed by atoms with van der Waals surface area (Å²) in [4.78, 5) is 10.6. The van der Waals surface area contributed by atoms with Crippen molar-refractivity contribution in [2.45, 2.75) is 25.2 Å². The van der Waals surface area contributed by atoms with Gasteiger partial charge in [0.15, 0.2) is 0 Å². The molecule has 84 valence electrons. The number of benzene rings is 1. The van der Waals surface area contributed by atoms with Crippen molar-refractivity contribution < 1.29 is 9.90 Å². The molecule has 0 amide bonds. The second-order valence-electron chi connectivity index (χ2n) is 4.13. The normalized spacial score (nSPS) is 22.6. The van der Waals surface area contributed by atoms with E-state index in [0.717, 1.165) is 29.3 Å². The van der Waals surface area contributed by atoms with Gasteiger partial charge in [-0.15, -0.1) is 0 Å². The van der Waals surface area contributed by atoms with Gasteiger partial charge in [0.05, 0.1) is 0 Å². The molecule has 0 radical (unpaired) electrons. The summed E-state index contributed by atoms with van der Waals surface area (Å²) in [7, 11) is 0. The second-order valence-corrected chi connectivity index (χ2v) is 5.05. The summed E-state index contributed by atoms with van der Waals surface area (Å²) in [5, 5.41) is 8.68. The van der Waals surface area contributed by atoms with Crippen LogP contribution in [0.5, 0.6) is 0 Å². The lowest BCUT2D eigenvalue weighted by Gasteiger charge is -2.08. The summed E-state index contributed by atoms with van der Waals surface area (Å²) < 4.78 is 1.08. The molecule has 1 saturated carbocycles. The lowest BCUT2D eigenvalue weighted by atomic mass is 9.97. The summed E-state index contributed by atoms with van der Waals surface area (Å²) in [6.45, 7) is 0. The first-order valence-electron chi connectivity index (χ1n) is 5.33. The molecule has 0 aromatic heterocycles. The van der Waals surface area contributed by atoms with E-state index < -0.39 is 5.97 Å². The fourth-order valence-electron chi connectivity index (χ4n) is 2.21. The SMILES string of the molecule is O=C(O)C=C1CC[C@@H](c2ccc(Br)cc2)C1. The van der Waals surface area contributed by atoms with Crippen LogP contribution in [0.4, 0.5) is 0 Å². The number of aliphatic carboxylic acids is 1. The average Bonchev–Trinajstić information content (AvgIpc) is 2.66. The van der Waals surface area contributed by atoms with Crippen LogP contribution < -0.4 is 0 Å². The first-order chi connectivity index (χ1) is 7.65. The molecule has 1 aromatic carbocycles. The lowest BCUT2D eigenvalue weighted by Crippen LogP contribution is -1.92. The van der Waals surface area contributed by atoms with Gasteiger partial charge in [-0.3, -0.25) is 0 Å². The fraction of sp³-hybridized carbons (Fsp3) is 0.308. The van der Waals surface area contributed by atoms with Crippen molar-refractivity contribution in [2.75, 3.05) is 0 Å². The van der Waals surface area contributed by atoms with E-state index in [4.69, 9.17) is 5.11 Å². The van der Waals surface area contributed by atoms with E-state index in [1.165, 1.54) is 11.6 Å². The Bertz CT molecular complexity index is 420. The summed E-state index contributed by atoms with van der Waals surface area (Å²) in [6, 6.07) is 8.29. The third-order valence-corrected chi connectivity index (χ3v) is 3.52. The molecular weight excluding hydrogens is 268 g/mol. The summed E-state index contributed by atoms with van der Waals surface area (Å²) in [5.74, 6) is -0.342. The molecule has 0 aliphatic heterocycles. The maximum Gasteiger partial charge on any atom is 0.328 e. The zero-order valence-corrected chi connectivity index (χ0v) is 10.4. The van der Waals surface area contributed by atoms with Crippen LogP contribution in [0.2, 0.25) is 0 Å². The molecule has 0 saturated heterocycles. The molecule has 0 bridgehead atoms.